The number of aryl methyl sites for hydroxylation is 2. The zero-order chi connectivity index (χ0) is 24.4. The van der Waals surface area contributed by atoms with Gasteiger partial charge < -0.3 is 19.9 Å². The quantitative estimate of drug-likeness (QED) is 0.549. The molecule has 10 heteroatoms. The highest BCUT2D eigenvalue weighted by molar-refractivity contribution is 7.13. The number of anilines is 2. The molecule has 2 aliphatic heterocycles. The standard InChI is InChI=1S/C25H29N5O3S2/c1-16-22(35-17(2)26-16)25(32)30-9-7-18(8-10-30)24-28-20(15-34-24)23(31)27-19-5-3-4-6-21(19)29-11-13-33-14-12-29/h3-6,15,18H,7-14H2,1-2H3,(H,27,31). The zero-order valence-electron chi connectivity index (χ0n) is 20.0. The Hall–Kier alpha value is -2.82. The van der Waals surface area contributed by atoms with Crippen LogP contribution in [0.5, 0.6) is 0 Å². The number of likely N-dealkylation sites (tertiary alicyclic amines) is 1. The summed E-state index contributed by atoms with van der Waals surface area (Å²) in [7, 11) is 0. The van der Waals surface area contributed by atoms with E-state index in [4.69, 9.17) is 4.74 Å². The number of ether oxygens (including phenoxy) is 1. The summed E-state index contributed by atoms with van der Waals surface area (Å²) in [6.07, 6.45) is 1.69. The minimum absolute atomic E-state index is 0.0738. The molecule has 0 aliphatic carbocycles. The summed E-state index contributed by atoms with van der Waals surface area (Å²) in [6.45, 7) is 8.18. The molecule has 35 heavy (non-hydrogen) atoms. The number of carbonyl (C=O) groups is 2. The summed E-state index contributed by atoms with van der Waals surface area (Å²) in [5.74, 6) is 0.136. The first kappa shape index (κ1) is 23.9. The molecule has 4 heterocycles. The van der Waals surface area contributed by atoms with Crippen LogP contribution >= 0.6 is 22.7 Å². The van der Waals surface area contributed by atoms with Crippen molar-refractivity contribution in [2.75, 3.05) is 49.6 Å². The number of thiazole rings is 2. The van der Waals surface area contributed by atoms with Crippen LogP contribution in [0.25, 0.3) is 0 Å². The average molecular weight is 512 g/mol. The molecule has 0 radical (unpaired) electrons. The van der Waals surface area contributed by atoms with Gasteiger partial charge in [-0.25, -0.2) is 9.97 Å². The number of morpholine rings is 1. The number of nitrogens with one attached hydrogen (secondary N) is 1. The van der Waals surface area contributed by atoms with Gasteiger partial charge in [0.15, 0.2) is 0 Å². The molecule has 0 bridgehead atoms. The highest BCUT2D eigenvalue weighted by atomic mass is 32.1. The van der Waals surface area contributed by atoms with E-state index in [2.05, 4.69) is 20.2 Å². The van der Waals surface area contributed by atoms with Crippen LogP contribution in [0.2, 0.25) is 0 Å². The topological polar surface area (TPSA) is 87.7 Å². The van der Waals surface area contributed by atoms with Gasteiger partial charge >= 0.3 is 0 Å². The smallest absolute Gasteiger partial charge is 0.275 e. The van der Waals surface area contributed by atoms with E-state index in [1.807, 2.05) is 48.4 Å². The van der Waals surface area contributed by atoms with Crippen LogP contribution in [0.4, 0.5) is 11.4 Å². The molecule has 5 rings (SSSR count). The van der Waals surface area contributed by atoms with Crippen molar-refractivity contribution < 1.29 is 14.3 Å². The van der Waals surface area contributed by atoms with Crippen molar-refractivity contribution in [3.05, 3.63) is 55.9 Å². The molecule has 2 saturated heterocycles. The summed E-state index contributed by atoms with van der Waals surface area (Å²) in [6, 6.07) is 7.86. The minimum Gasteiger partial charge on any atom is -0.378 e. The predicted octanol–water partition coefficient (Wildman–Crippen LogP) is 4.33. The third-order valence-corrected chi connectivity index (χ3v) is 8.56. The monoisotopic (exact) mass is 511 g/mol. The van der Waals surface area contributed by atoms with Gasteiger partial charge in [-0.05, 0) is 38.8 Å². The molecular weight excluding hydrogens is 482 g/mol. The number of benzene rings is 1. The van der Waals surface area contributed by atoms with Gasteiger partial charge in [0.25, 0.3) is 11.8 Å². The van der Waals surface area contributed by atoms with E-state index in [9.17, 15) is 9.59 Å². The van der Waals surface area contributed by atoms with E-state index in [1.165, 1.54) is 22.7 Å². The molecule has 0 spiro atoms. The number of nitrogens with zero attached hydrogens (tertiary/aromatic N) is 4. The first-order valence-electron chi connectivity index (χ1n) is 11.9. The largest absolute Gasteiger partial charge is 0.378 e. The number of para-hydroxylation sites is 2. The number of amides is 2. The van der Waals surface area contributed by atoms with Crippen LogP contribution in [-0.4, -0.2) is 66.1 Å². The van der Waals surface area contributed by atoms with Gasteiger partial charge in [-0.3, -0.25) is 9.59 Å². The molecule has 0 saturated carbocycles. The van der Waals surface area contributed by atoms with Gasteiger partial charge in [-0.15, -0.1) is 22.7 Å². The SMILES string of the molecule is Cc1nc(C)c(C(=O)N2CCC(c3nc(C(=O)Nc4ccccc4N4CCOCC4)cs3)CC2)s1. The number of aromatic nitrogens is 2. The molecule has 2 aliphatic rings. The summed E-state index contributed by atoms with van der Waals surface area (Å²) in [5.41, 5.74) is 3.04. The molecule has 3 aromatic rings. The Morgan fingerprint density at radius 1 is 1.06 bits per heavy atom. The maximum Gasteiger partial charge on any atom is 0.275 e. The molecule has 2 fully saturated rings. The number of piperidine rings is 1. The van der Waals surface area contributed by atoms with E-state index in [1.54, 1.807) is 0 Å². The Bertz CT molecular complexity index is 1210. The maximum atomic E-state index is 13.0. The minimum atomic E-state index is -0.197. The van der Waals surface area contributed by atoms with E-state index < -0.39 is 0 Å². The molecule has 1 N–H and O–H groups in total. The van der Waals surface area contributed by atoms with Crippen molar-refractivity contribution in [1.29, 1.82) is 0 Å². The highest BCUT2D eigenvalue weighted by Crippen LogP contribution is 2.32. The van der Waals surface area contributed by atoms with E-state index in [0.717, 1.165) is 57.9 Å². The van der Waals surface area contributed by atoms with Crippen molar-refractivity contribution >= 4 is 45.9 Å². The Kier molecular flexibility index (Phi) is 7.12. The molecule has 0 unspecified atom stereocenters. The zero-order valence-corrected chi connectivity index (χ0v) is 21.6. The third kappa shape index (κ3) is 5.24. The number of hydrogen-bond acceptors (Lipinski definition) is 8. The Labute approximate surface area is 213 Å². The van der Waals surface area contributed by atoms with Crippen molar-refractivity contribution in [3.63, 3.8) is 0 Å². The lowest BCUT2D eigenvalue weighted by atomic mass is 9.97. The van der Waals surface area contributed by atoms with E-state index >= 15 is 0 Å². The fourth-order valence-electron chi connectivity index (χ4n) is 4.63. The lowest BCUT2D eigenvalue weighted by Gasteiger charge is -2.31. The molecule has 0 atom stereocenters. The van der Waals surface area contributed by atoms with Gasteiger partial charge in [-0.1, -0.05) is 12.1 Å². The second kappa shape index (κ2) is 10.4. The molecule has 1 aromatic carbocycles. The van der Waals surface area contributed by atoms with Gasteiger partial charge in [0.05, 0.1) is 40.3 Å². The highest BCUT2D eigenvalue weighted by Gasteiger charge is 2.28. The molecule has 2 aromatic heterocycles. The summed E-state index contributed by atoms with van der Waals surface area (Å²) < 4.78 is 5.46. The van der Waals surface area contributed by atoms with Crippen LogP contribution in [0.3, 0.4) is 0 Å². The Balaban J connectivity index is 1.21. The third-order valence-electron chi connectivity index (χ3n) is 6.49. The van der Waals surface area contributed by atoms with Crippen molar-refractivity contribution in [2.45, 2.75) is 32.6 Å². The fraction of sp³-hybridized carbons (Fsp3) is 0.440. The fourth-order valence-corrected chi connectivity index (χ4v) is 6.49. The molecule has 8 nitrogen and oxygen atoms in total. The second-order valence-electron chi connectivity index (χ2n) is 8.86. The lowest BCUT2D eigenvalue weighted by molar-refractivity contribution is 0.0717. The summed E-state index contributed by atoms with van der Waals surface area (Å²) >= 11 is 2.99. The van der Waals surface area contributed by atoms with Crippen molar-refractivity contribution in [3.8, 4) is 0 Å². The van der Waals surface area contributed by atoms with Crippen molar-refractivity contribution in [2.24, 2.45) is 0 Å². The number of hydrogen-bond donors (Lipinski definition) is 1. The van der Waals surface area contributed by atoms with Gasteiger partial charge in [-0.2, -0.15) is 0 Å². The van der Waals surface area contributed by atoms with Gasteiger partial charge in [0.1, 0.15) is 10.6 Å². The van der Waals surface area contributed by atoms with Gasteiger partial charge in [0.2, 0.25) is 0 Å². The van der Waals surface area contributed by atoms with Crippen LogP contribution in [0.1, 0.15) is 54.6 Å². The first-order valence-corrected chi connectivity index (χ1v) is 13.6. The summed E-state index contributed by atoms with van der Waals surface area (Å²) in [5, 5.41) is 6.77. The van der Waals surface area contributed by atoms with Crippen LogP contribution in [0, 0.1) is 13.8 Å². The first-order chi connectivity index (χ1) is 17.0. The van der Waals surface area contributed by atoms with Crippen LogP contribution < -0.4 is 10.2 Å². The predicted molar refractivity (Wildman–Crippen MR) is 139 cm³/mol. The lowest BCUT2D eigenvalue weighted by Crippen LogP contribution is -2.37. The Morgan fingerprint density at radius 3 is 2.51 bits per heavy atom. The Morgan fingerprint density at radius 2 is 1.80 bits per heavy atom. The second-order valence-corrected chi connectivity index (χ2v) is 10.9. The molecule has 2 amide bonds. The van der Waals surface area contributed by atoms with Crippen LogP contribution in [0.15, 0.2) is 29.6 Å². The summed E-state index contributed by atoms with van der Waals surface area (Å²) in [4.78, 5) is 39.9. The van der Waals surface area contributed by atoms with Crippen LogP contribution in [-0.2, 0) is 4.74 Å². The number of rotatable bonds is 5. The molecule has 184 valence electrons. The number of carbonyl (C=O) groups excluding carboxylic acids is 2. The van der Waals surface area contributed by atoms with E-state index in [-0.39, 0.29) is 17.7 Å². The van der Waals surface area contributed by atoms with Crippen molar-refractivity contribution in [1.82, 2.24) is 14.9 Å². The normalized spacial score (nSPS) is 17.0. The van der Waals surface area contributed by atoms with Gasteiger partial charge in [0, 0.05) is 37.5 Å². The molecular formula is C25H29N5O3S2. The van der Waals surface area contributed by atoms with E-state index in [0.29, 0.717) is 32.0 Å². The average Bonchev–Trinajstić information content (AvgIpc) is 3.51. The maximum absolute atomic E-state index is 13.0.